The normalized spacial score (nSPS) is 16.2. The van der Waals surface area contributed by atoms with Crippen LogP contribution in [0.4, 0.5) is 15.9 Å². The second kappa shape index (κ2) is 9.05. The van der Waals surface area contributed by atoms with E-state index in [2.05, 4.69) is 33.9 Å². The van der Waals surface area contributed by atoms with Crippen LogP contribution in [-0.4, -0.2) is 53.0 Å². The summed E-state index contributed by atoms with van der Waals surface area (Å²) >= 11 is 5.76. The molecule has 1 N–H and O–H groups in total. The van der Waals surface area contributed by atoms with Crippen LogP contribution in [-0.2, 0) is 4.79 Å². The van der Waals surface area contributed by atoms with Gasteiger partial charge in [-0.05, 0) is 32.0 Å². The predicted molar refractivity (Wildman–Crippen MR) is 114 cm³/mol. The molecule has 1 amide bonds. The molecule has 1 saturated heterocycles. The van der Waals surface area contributed by atoms with Gasteiger partial charge in [0.2, 0.25) is 5.91 Å². The zero-order valence-electron chi connectivity index (χ0n) is 17.2. The third-order valence-electron chi connectivity index (χ3n) is 5.13. The van der Waals surface area contributed by atoms with E-state index in [1.807, 2.05) is 19.9 Å². The monoisotopic (exact) mass is 419 g/mol. The molecule has 3 rings (SSSR count). The lowest BCUT2D eigenvalue weighted by molar-refractivity contribution is -0.120. The van der Waals surface area contributed by atoms with Gasteiger partial charge in [-0.3, -0.25) is 9.69 Å². The minimum absolute atomic E-state index is 0.141. The lowest BCUT2D eigenvalue weighted by Crippen LogP contribution is -2.53. The Morgan fingerprint density at radius 2 is 1.83 bits per heavy atom. The van der Waals surface area contributed by atoms with Gasteiger partial charge in [-0.2, -0.15) is 0 Å². The second-order valence-electron chi connectivity index (χ2n) is 7.69. The number of piperazine rings is 1. The SMILES string of the molecule is Cc1cc(N2CCN(C(C)C(=O)Nc3ccc(Cl)cc3F)CC2)nc(C(C)C)n1. The van der Waals surface area contributed by atoms with E-state index in [4.69, 9.17) is 16.6 Å². The van der Waals surface area contributed by atoms with E-state index < -0.39 is 5.82 Å². The van der Waals surface area contributed by atoms with E-state index in [0.29, 0.717) is 5.02 Å². The smallest absolute Gasteiger partial charge is 0.241 e. The van der Waals surface area contributed by atoms with Crippen LogP contribution in [0.5, 0.6) is 0 Å². The van der Waals surface area contributed by atoms with Crippen molar-refractivity contribution in [1.29, 1.82) is 0 Å². The van der Waals surface area contributed by atoms with E-state index in [0.717, 1.165) is 43.5 Å². The van der Waals surface area contributed by atoms with Crippen molar-refractivity contribution in [3.05, 3.63) is 46.6 Å². The molecule has 0 aliphatic carbocycles. The van der Waals surface area contributed by atoms with Crippen LogP contribution in [0.2, 0.25) is 5.02 Å². The standard InChI is InChI=1S/C21H27ClFN5O/c1-13(2)20-24-14(3)11-19(26-20)28-9-7-27(8-10-28)15(4)21(29)25-18-6-5-16(22)12-17(18)23/h5-6,11-13,15H,7-10H2,1-4H3,(H,25,29). The topological polar surface area (TPSA) is 61.4 Å². The Labute approximate surface area is 176 Å². The van der Waals surface area contributed by atoms with E-state index >= 15 is 0 Å². The molecule has 1 aliphatic heterocycles. The van der Waals surface area contributed by atoms with E-state index in [-0.39, 0.29) is 23.6 Å². The molecule has 2 aromatic rings. The highest BCUT2D eigenvalue weighted by atomic mass is 35.5. The number of halogens is 2. The minimum atomic E-state index is -0.539. The number of nitrogens with zero attached hydrogens (tertiary/aromatic N) is 4. The zero-order chi connectivity index (χ0) is 21.1. The first-order valence-electron chi connectivity index (χ1n) is 9.85. The predicted octanol–water partition coefficient (Wildman–Crippen LogP) is 3.85. The average Bonchev–Trinajstić information content (AvgIpc) is 2.69. The molecule has 8 heteroatoms. The first-order valence-corrected chi connectivity index (χ1v) is 10.2. The fourth-order valence-corrected chi connectivity index (χ4v) is 3.49. The van der Waals surface area contributed by atoms with Gasteiger partial charge in [0, 0.05) is 48.9 Å². The van der Waals surface area contributed by atoms with Crippen LogP contribution in [0.3, 0.4) is 0 Å². The Morgan fingerprint density at radius 1 is 1.14 bits per heavy atom. The number of aryl methyl sites for hydroxylation is 1. The molecule has 1 aliphatic rings. The number of rotatable bonds is 5. The fraction of sp³-hybridized carbons (Fsp3) is 0.476. The summed E-state index contributed by atoms with van der Waals surface area (Å²) in [5.74, 6) is 1.27. The Morgan fingerprint density at radius 3 is 2.45 bits per heavy atom. The second-order valence-corrected chi connectivity index (χ2v) is 8.13. The van der Waals surface area contributed by atoms with Crippen molar-refractivity contribution in [2.24, 2.45) is 0 Å². The third-order valence-corrected chi connectivity index (χ3v) is 5.36. The molecule has 1 aromatic heterocycles. The van der Waals surface area contributed by atoms with E-state index in [9.17, 15) is 9.18 Å². The van der Waals surface area contributed by atoms with Crippen LogP contribution in [0.1, 0.15) is 38.2 Å². The van der Waals surface area contributed by atoms with Gasteiger partial charge in [-0.25, -0.2) is 14.4 Å². The number of nitrogens with one attached hydrogen (secondary N) is 1. The molecule has 0 spiro atoms. The van der Waals surface area contributed by atoms with Crippen LogP contribution >= 0.6 is 11.6 Å². The van der Waals surface area contributed by atoms with Gasteiger partial charge in [0.15, 0.2) is 0 Å². The van der Waals surface area contributed by atoms with Gasteiger partial charge in [0.25, 0.3) is 0 Å². The molecule has 0 radical (unpaired) electrons. The van der Waals surface area contributed by atoms with Crippen LogP contribution < -0.4 is 10.2 Å². The maximum atomic E-state index is 13.9. The quantitative estimate of drug-likeness (QED) is 0.797. The summed E-state index contributed by atoms with van der Waals surface area (Å²) in [5.41, 5.74) is 1.10. The van der Waals surface area contributed by atoms with Crippen molar-refractivity contribution >= 4 is 29.0 Å². The third kappa shape index (κ3) is 5.22. The summed E-state index contributed by atoms with van der Waals surface area (Å²) < 4.78 is 13.9. The van der Waals surface area contributed by atoms with Crippen molar-refractivity contribution in [3.8, 4) is 0 Å². The summed E-state index contributed by atoms with van der Waals surface area (Å²) in [6.45, 7) is 11.0. The molecule has 1 fully saturated rings. The summed E-state index contributed by atoms with van der Waals surface area (Å²) in [5, 5.41) is 2.95. The highest BCUT2D eigenvalue weighted by molar-refractivity contribution is 6.30. The summed E-state index contributed by atoms with van der Waals surface area (Å²) in [7, 11) is 0. The number of hydrogen-bond acceptors (Lipinski definition) is 5. The lowest BCUT2D eigenvalue weighted by Gasteiger charge is -2.38. The summed E-state index contributed by atoms with van der Waals surface area (Å²) in [6.07, 6.45) is 0. The minimum Gasteiger partial charge on any atom is -0.354 e. The van der Waals surface area contributed by atoms with Gasteiger partial charge >= 0.3 is 0 Å². The number of amides is 1. The van der Waals surface area contributed by atoms with Crippen LogP contribution in [0.15, 0.2) is 24.3 Å². The number of benzene rings is 1. The number of aromatic nitrogens is 2. The average molecular weight is 420 g/mol. The van der Waals surface area contributed by atoms with Crippen molar-refractivity contribution in [2.75, 3.05) is 36.4 Å². The number of hydrogen-bond donors (Lipinski definition) is 1. The molecular weight excluding hydrogens is 393 g/mol. The molecule has 156 valence electrons. The number of anilines is 2. The van der Waals surface area contributed by atoms with Crippen molar-refractivity contribution < 1.29 is 9.18 Å². The van der Waals surface area contributed by atoms with Gasteiger partial charge in [-0.1, -0.05) is 25.4 Å². The fourth-order valence-electron chi connectivity index (χ4n) is 3.33. The largest absolute Gasteiger partial charge is 0.354 e. The van der Waals surface area contributed by atoms with Crippen molar-refractivity contribution in [2.45, 2.75) is 39.7 Å². The molecule has 1 atom stereocenters. The van der Waals surface area contributed by atoms with Crippen molar-refractivity contribution in [3.63, 3.8) is 0 Å². The van der Waals surface area contributed by atoms with Gasteiger partial charge in [0.05, 0.1) is 11.7 Å². The van der Waals surface area contributed by atoms with E-state index in [1.165, 1.54) is 12.1 Å². The maximum Gasteiger partial charge on any atom is 0.241 e. The highest BCUT2D eigenvalue weighted by Crippen LogP contribution is 2.21. The summed E-state index contributed by atoms with van der Waals surface area (Å²) in [4.78, 5) is 26.1. The Hall–Kier alpha value is -2.25. The summed E-state index contributed by atoms with van der Waals surface area (Å²) in [6, 6.07) is 5.85. The number of carbonyl (C=O) groups is 1. The highest BCUT2D eigenvalue weighted by Gasteiger charge is 2.27. The molecule has 0 saturated carbocycles. The van der Waals surface area contributed by atoms with Gasteiger partial charge < -0.3 is 10.2 Å². The first kappa shape index (κ1) is 21.5. The zero-order valence-corrected chi connectivity index (χ0v) is 18.0. The lowest BCUT2D eigenvalue weighted by atomic mass is 10.2. The number of carbonyl (C=O) groups excluding carboxylic acids is 1. The van der Waals surface area contributed by atoms with Gasteiger partial charge in [0.1, 0.15) is 17.5 Å². The molecule has 1 unspecified atom stereocenters. The molecule has 29 heavy (non-hydrogen) atoms. The molecular formula is C21H27ClFN5O. The Kier molecular flexibility index (Phi) is 6.70. The molecule has 2 heterocycles. The molecule has 0 bridgehead atoms. The maximum absolute atomic E-state index is 13.9. The Balaban J connectivity index is 1.60. The molecule has 1 aromatic carbocycles. The van der Waals surface area contributed by atoms with Crippen LogP contribution in [0.25, 0.3) is 0 Å². The van der Waals surface area contributed by atoms with Crippen molar-refractivity contribution in [1.82, 2.24) is 14.9 Å². The Bertz CT molecular complexity index is 883. The van der Waals surface area contributed by atoms with Gasteiger partial charge in [-0.15, -0.1) is 0 Å². The van der Waals surface area contributed by atoms with E-state index in [1.54, 1.807) is 6.07 Å². The van der Waals surface area contributed by atoms with Crippen LogP contribution in [0, 0.1) is 12.7 Å². The molecule has 6 nitrogen and oxygen atoms in total. The first-order chi connectivity index (χ1) is 13.7.